The second-order valence-electron chi connectivity index (χ2n) is 7.36. The fraction of sp³-hybridized carbons (Fsp3) is 0.333. The molecule has 1 aromatic carbocycles. The normalized spacial score (nSPS) is 13.0. The number of hydrogen-bond acceptors (Lipinski definition) is 3. The standard InChI is InChI=1S/C21H26N4/c1-16(20-11-13-24-25(20)21(2,3)4)23-15-17-10-12-22-19(14-17)18-8-6-5-7-9-18/h5-14,16,23H,15H2,1-4H3. The van der Waals surface area contributed by atoms with Gasteiger partial charge in [-0.2, -0.15) is 5.10 Å². The van der Waals surface area contributed by atoms with Gasteiger partial charge in [0.25, 0.3) is 0 Å². The highest BCUT2D eigenvalue weighted by molar-refractivity contribution is 5.59. The number of rotatable bonds is 5. The molecule has 1 unspecified atom stereocenters. The number of pyridine rings is 1. The van der Waals surface area contributed by atoms with Crippen molar-refractivity contribution >= 4 is 0 Å². The smallest absolute Gasteiger partial charge is 0.0705 e. The number of aromatic nitrogens is 3. The average Bonchev–Trinajstić information content (AvgIpc) is 3.11. The minimum absolute atomic E-state index is 0.0219. The van der Waals surface area contributed by atoms with Gasteiger partial charge in [0.2, 0.25) is 0 Å². The van der Waals surface area contributed by atoms with Crippen molar-refractivity contribution in [3.8, 4) is 11.3 Å². The van der Waals surface area contributed by atoms with Crippen molar-refractivity contribution in [2.45, 2.75) is 45.8 Å². The van der Waals surface area contributed by atoms with Crippen molar-refractivity contribution in [3.05, 3.63) is 72.2 Å². The topological polar surface area (TPSA) is 42.7 Å². The molecule has 3 rings (SSSR count). The van der Waals surface area contributed by atoms with Crippen LogP contribution in [0.25, 0.3) is 11.3 Å². The third-order valence-corrected chi connectivity index (χ3v) is 4.26. The molecule has 0 saturated heterocycles. The summed E-state index contributed by atoms with van der Waals surface area (Å²) in [5, 5.41) is 8.09. The molecule has 0 aliphatic heterocycles. The molecule has 0 fully saturated rings. The first-order chi connectivity index (χ1) is 11.9. The molecule has 0 bridgehead atoms. The van der Waals surface area contributed by atoms with Crippen LogP contribution in [0.2, 0.25) is 0 Å². The Bertz CT molecular complexity index is 815. The maximum absolute atomic E-state index is 4.49. The van der Waals surface area contributed by atoms with Gasteiger partial charge >= 0.3 is 0 Å². The lowest BCUT2D eigenvalue weighted by Gasteiger charge is -2.25. The van der Waals surface area contributed by atoms with Crippen LogP contribution in [-0.4, -0.2) is 14.8 Å². The van der Waals surface area contributed by atoms with Crippen LogP contribution < -0.4 is 5.32 Å². The molecule has 4 heteroatoms. The van der Waals surface area contributed by atoms with Crippen molar-refractivity contribution in [2.75, 3.05) is 0 Å². The van der Waals surface area contributed by atoms with Crippen molar-refractivity contribution < 1.29 is 0 Å². The molecule has 0 radical (unpaired) electrons. The maximum Gasteiger partial charge on any atom is 0.0705 e. The molecule has 1 atom stereocenters. The van der Waals surface area contributed by atoms with Gasteiger partial charge in [0, 0.05) is 30.5 Å². The van der Waals surface area contributed by atoms with E-state index in [2.05, 4.69) is 78.1 Å². The van der Waals surface area contributed by atoms with Crippen LogP contribution in [0.1, 0.15) is 45.0 Å². The SMILES string of the molecule is CC(NCc1ccnc(-c2ccccc2)c1)c1ccnn1C(C)(C)C. The van der Waals surface area contributed by atoms with E-state index in [1.807, 2.05) is 30.6 Å². The number of benzene rings is 1. The van der Waals surface area contributed by atoms with E-state index in [0.717, 1.165) is 17.8 Å². The highest BCUT2D eigenvalue weighted by atomic mass is 15.3. The van der Waals surface area contributed by atoms with Crippen molar-refractivity contribution in [1.82, 2.24) is 20.1 Å². The summed E-state index contributed by atoms with van der Waals surface area (Å²) in [6.07, 6.45) is 3.75. The van der Waals surface area contributed by atoms with Gasteiger partial charge in [0.15, 0.2) is 0 Å². The highest BCUT2D eigenvalue weighted by Crippen LogP contribution is 2.21. The molecule has 0 aliphatic rings. The summed E-state index contributed by atoms with van der Waals surface area (Å²) in [6.45, 7) is 9.49. The van der Waals surface area contributed by atoms with Crippen LogP contribution in [0.4, 0.5) is 0 Å². The largest absolute Gasteiger partial charge is 0.305 e. The summed E-state index contributed by atoms with van der Waals surface area (Å²) in [7, 11) is 0. The van der Waals surface area contributed by atoms with E-state index in [4.69, 9.17) is 0 Å². The average molecular weight is 334 g/mol. The van der Waals surface area contributed by atoms with Crippen LogP contribution >= 0.6 is 0 Å². The Morgan fingerprint density at radius 2 is 1.80 bits per heavy atom. The predicted molar refractivity (Wildman–Crippen MR) is 102 cm³/mol. The summed E-state index contributed by atoms with van der Waals surface area (Å²) in [4.78, 5) is 4.49. The molecule has 0 aliphatic carbocycles. The Hall–Kier alpha value is -2.46. The maximum atomic E-state index is 4.49. The predicted octanol–water partition coefficient (Wildman–Crippen LogP) is 4.55. The number of nitrogens with one attached hydrogen (secondary N) is 1. The quantitative estimate of drug-likeness (QED) is 0.744. The van der Waals surface area contributed by atoms with Crippen LogP contribution in [0.3, 0.4) is 0 Å². The molecule has 0 saturated carbocycles. The summed E-state index contributed by atoms with van der Waals surface area (Å²) in [6, 6.07) is 16.8. The second kappa shape index (κ2) is 7.19. The zero-order chi connectivity index (χ0) is 17.9. The van der Waals surface area contributed by atoms with Gasteiger partial charge in [0.05, 0.1) is 16.9 Å². The monoisotopic (exact) mass is 334 g/mol. The van der Waals surface area contributed by atoms with E-state index in [0.29, 0.717) is 0 Å². The van der Waals surface area contributed by atoms with Gasteiger partial charge < -0.3 is 5.32 Å². The van der Waals surface area contributed by atoms with Gasteiger partial charge in [0.1, 0.15) is 0 Å². The number of nitrogens with zero attached hydrogens (tertiary/aromatic N) is 3. The Morgan fingerprint density at radius 3 is 2.52 bits per heavy atom. The lowest BCUT2D eigenvalue weighted by atomic mass is 10.1. The molecule has 130 valence electrons. The van der Waals surface area contributed by atoms with Crippen LogP contribution in [-0.2, 0) is 12.1 Å². The van der Waals surface area contributed by atoms with E-state index in [9.17, 15) is 0 Å². The molecule has 4 nitrogen and oxygen atoms in total. The lowest BCUT2D eigenvalue weighted by Crippen LogP contribution is -2.29. The molecular weight excluding hydrogens is 308 g/mol. The Morgan fingerprint density at radius 1 is 1.04 bits per heavy atom. The zero-order valence-corrected chi connectivity index (χ0v) is 15.4. The van der Waals surface area contributed by atoms with Crippen molar-refractivity contribution in [3.63, 3.8) is 0 Å². The summed E-state index contributed by atoms with van der Waals surface area (Å²) in [5.74, 6) is 0. The fourth-order valence-corrected chi connectivity index (χ4v) is 2.93. The Labute approximate surface area is 149 Å². The third kappa shape index (κ3) is 4.15. The molecular formula is C21H26N4. The zero-order valence-electron chi connectivity index (χ0n) is 15.4. The first kappa shape index (κ1) is 17.4. The number of hydrogen-bond donors (Lipinski definition) is 1. The Kier molecular flexibility index (Phi) is 5.00. The van der Waals surface area contributed by atoms with E-state index in [-0.39, 0.29) is 11.6 Å². The first-order valence-electron chi connectivity index (χ1n) is 8.73. The van der Waals surface area contributed by atoms with E-state index in [1.54, 1.807) is 0 Å². The first-order valence-corrected chi connectivity index (χ1v) is 8.73. The highest BCUT2D eigenvalue weighted by Gasteiger charge is 2.20. The molecule has 0 spiro atoms. The van der Waals surface area contributed by atoms with E-state index >= 15 is 0 Å². The van der Waals surface area contributed by atoms with Crippen LogP contribution in [0.15, 0.2) is 60.9 Å². The Balaban J connectivity index is 1.71. The molecule has 3 aromatic rings. The fourth-order valence-electron chi connectivity index (χ4n) is 2.93. The van der Waals surface area contributed by atoms with Crippen molar-refractivity contribution in [2.24, 2.45) is 0 Å². The van der Waals surface area contributed by atoms with Gasteiger partial charge in [-0.15, -0.1) is 0 Å². The molecule has 1 N–H and O–H groups in total. The third-order valence-electron chi connectivity index (χ3n) is 4.26. The lowest BCUT2D eigenvalue weighted by molar-refractivity contribution is 0.330. The molecule has 2 heterocycles. The minimum atomic E-state index is -0.0219. The van der Waals surface area contributed by atoms with E-state index < -0.39 is 0 Å². The molecule has 2 aromatic heterocycles. The van der Waals surface area contributed by atoms with Crippen LogP contribution in [0.5, 0.6) is 0 Å². The van der Waals surface area contributed by atoms with Gasteiger partial charge in [-0.3, -0.25) is 9.67 Å². The molecule has 0 amide bonds. The van der Waals surface area contributed by atoms with Crippen LogP contribution in [0, 0.1) is 0 Å². The second-order valence-corrected chi connectivity index (χ2v) is 7.36. The molecule has 25 heavy (non-hydrogen) atoms. The summed E-state index contributed by atoms with van der Waals surface area (Å²) in [5.41, 5.74) is 4.55. The van der Waals surface area contributed by atoms with Gasteiger partial charge in [-0.25, -0.2) is 0 Å². The van der Waals surface area contributed by atoms with Crippen molar-refractivity contribution in [1.29, 1.82) is 0 Å². The summed E-state index contributed by atoms with van der Waals surface area (Å²) >= 11 is 0. The van der Waals surface area contributed by atoms with E-state index in [1.165, 1.54) is 11.3 Å². The minimum Gasteiger partial charge on any atom is -0.305 e. The van der Waals surface area contributed by atoms with Gasteiger partial charge in [-0.05, 0) is 51.5 Å². The van der Waals surface area contributed by atoms with Gasteiger partial charge in [-0.1, -0.05) is 30.3 Å². The summed E-state index contributed by atoms with van der Waals surface area (Å²) < 4.78 is 2.09.